The second kappa shape index (κ2) is 9.48. The minimum Gasteiger partial charge on any atom is -0.348 e. The molecule has 0 radical (unpaired) electrons. The van der Waals surface area contributed by atoms with Crippen LogP contribution in [-0.4, -0.2) is 31.7 Å². The highest BCUT2D eigenvalue weighted by Crippen LogP contribution is 2.16. The van der Waals surface area contributed by atoms with Gasteiger partial charge < -0.3 is 5.32 Å². The first-order valence-corrected chi connectivity index (χ1v) is 10.4. The molecule has 0 bridgehead atoms. The zero-order valence-electron chi connectivity index (χ0n) is 16.0. The summed E-state index contributed by atoms with van der Waals surface area (Å²) < 4.78 is 26.3. The average Bonchev–Trinajstić information content (AvgIpc) is 2.67. The van der Waals surface area contributed by atoms with Gasteiger partial charge in [-0.25, -0.2) is 8.42 Å². The summed E-state index contributed by atoms with van der Waals surface area (Å²) in [6.45, 7) is 6.83. The number of aryl methyl sites for hydroxylation is 1. The zero-order chi connectivity index (χ0) is 19.9. The number of nitrogens with one attached hydrogen (secondary N) is 1. The largest absolute Gasteiger partial charge is 0.348 e. The second-order valence-corrected chi connectivity index (χ2v) is 8.08. The Morgan fingerprint density at radius 3 is 2.26 bits per heavy atom. The number of carbonyl (C=O) groups is 1. The van der Waals surface area contributed by atoms with Crippen LogP contribution in [0.1, 0.15) is 30.5 Å². The lowest BCUT2D eigenvalue weighted by molar-refractivity contribution is -0.116. The van der Waals surface area contributed by atoms with Crippen molar-refractivity contribution >= 4 is 22.0 Å². The van der Waals surface area contributed by atoms with E-state index in [1.165, 1.54) is 10.4 Å². The lowest BCUT2D eigenvalue weighted by Gasteiger charge is -2.18. The summed E-state index contributed by atoms with van der Waals surface area (Å²) in [7, 11) is -3.46. The number of rotatable bonds is 8. The lowest BCUT2D eigenvalue weighted by atomic mass is 10.1. The predicted molar refractivity (Wildman–Crippen MR) is 109 cm³/mol. The maximum atomic E-state index is 12.5. The Kier molecular flexibility index (Phi) is 7.33. The molecule has 0 saturated carbocycles. The number of hydrogen-bond donors (Lipinski definition) is 1. The molecule has 2 aromatic carbocycles. The van der Waals surface area contributed by atoms with Crippen LogP contribution in [0.15, 0.2) is 59.5 Å². The molecule has 0 spiro atoms. The lowest BCUT2D eigenvalue weighted by Crippen LogP contribution is -2.30. The van der Waals surface area contributed by atoms with Gasteiger partial charge in [0.15, 0.2) is 0 Å². The average molecular weight is 387 g/mol. The number of benzene rings is 2. The Labute approximate surface area is 161 Å². The molecular weight excluding hydrogens is 360 g/mol. The molecule has 0 aromatic heterocycles. The van der Waals surface area contributed by atoms with E-state index in [1.807, 2.05) is 45.0 Å². The van der Waals surface area contributed by atoms with Crippen molar-refractivity contribution in [3.05, 3.63) is 71.3 Å². The monoisotopic (exact) mass is 386 g/mol. The van der Waals surface area contributed by atoms with Crippen molar-refractivity contribution in [1.82, 2.24) is 9.62 Å². The second-order valence-electron chi connectivity index (χ2n) is 6.14. The Balaban J connectivity index is 1.97. The molecule has 1 N–H and O–H groups in total. The fraction of sp³-hybridized carbons (Fsp3) is 0.286. The molecule has 1 amide bonds. The van der Waals surface area contributed by atoms with Gasteiger partial charge in [0.05, 0.1) is 4.90 Å². The van der Waals surface area contributed by atoms with Crippen LogP contribution in [0, 0.1) is 6.92 Å². The molecule has 0 fully saturated rings. The van der Waals surface area contributed by atoms with E-state index < -0.39 is 10.0 Å². The van der Waals surface area contributed by atoms with E-state index in [0.29, 0.717) is 19.6 Å². The molecule has 6 heteroatoms. The van der Waals surface area contributed by atoms with Crippen LogP contribution in [0.4, 0.5) is 0 Å². The van der Waals surface area contributed by atoms with Gasteiger partial charge in [-0.2, -0.15) is 4.31 Å². The van der Waals surface area contributed by atoms with Gasteiger partial charge in [-0.15, -0.1) is 0 Å². The fourth-order valence-corrected chi connectivity index (χ4v) is 4.14. The number of hydrogen-bond acceptors (Lipinski definition) is 3. The molecule has 0 unspecified atom stereocenters. The van der Waals surface area contributed by atoms with Crippen molar-refractivity contribution in [3.63, 3.8) is 0 Å². The van der Waals surface area contributed by atoms with Gasteiger partial charge in [-0.05, 0) is 41.8 Å². The number of nitrogens with zero attached hydrogens (tertiary/aromatic N) is 1. The van der Waals surface area contributed by atoms with Crippen LogP contribution >= 0.6 is 0 Å². The zero-order valence-corrected chi connectivity index (χ0v) is 16.8. The topological polar surface area (TPSA) is 66.5 Å². The van der Waals surface area contributed by atoms with Crippen molar-refractivity contribution in [3.8, 4) is 0 Å². The maximum Gasteiger partial charge on any atom is 0.244 e. The van der Waals surface area contributed by atoms with Crippen LogP contribution in [0.3, 0.4) is 0 Å². The van der Waals surface area contributed by atoms with E-state index in [4.69, 9.17) is 0 Å². The Hall–Kier alpha value is -2.44. The Bertz CT molecular complexity index is 899. The van der Waals surface area contributed by atoms with Crippen LogP contribution in [0.5, 0.6) is 0 Å². The molecule has 0 saturated heterocycles. The maximum absolute atomic E-state index is 12.5. The quantitative estimate of drug-likeness (QED) is 0.708. The normalized spacial score (nSPS) is 11.9. The van der Waals surface area contributed by atoms with Crippen molar-refractivity contribution in [2.45, 2.75) is 32.2 Å². The van der Waals surface area contributed by atoms with Gasteiger partial charge in [0.2, 0.25) is 15.9 Å². The smallest absolute Gasteiger partial charge is 0.244 e. The molecular formula is C21H26N2O3S. The van der Waals surface area contributed by atoms with Crippen LogP contribution < -0.4 is 5.32 Å². The Morgan fingerprint density at radius 1 is 1.04 bits per heavy atom. The summed E-state index contributed by atoms with van der Waals surface area (Å²) in [5.74, 6) is -0.196. The van der Waals surface area contributed by atoms with Gasteiger partial charge in [0.1, 0.15) is 0 Å². The minimum absolute atomic E-state index is 0.196. The highest BCUT2D eigenvalue weighted by molar-refractivity contribution is 7.89. The summed E-state index contributed by atoms with van der Waals surface area (Å²) in [4.78, 5) is 12.3. The van der Waals surface area contributed by atoms with E-state index in [2.05, 4.69) is 5.32 Å². The van der Waals surface area contributed by atoms with E-state index in [1.54, 1.807) is 30.3 Å². The molecule has 5 nitrogen and oxygen atoms in total. The van der Waals surface area contributed by atoms with Crippen LogP contribution in [-0.2, 0) is 21.4 Å². The molecule has 0 aliphatic rings. The molecule has 2 rings (SSSR count). The summed E-state index contributed by atoms with van der Waals surface area (Å²) in [6.07, 6.45) is 3.28. The first-order valence-electron chi connectivity index (χ1n) is 8.99. The van der Waals surface area contributed by atoms with Gasteiger partial charge in [-0.3, -0.25) is 4.79 Å². The highest BCUT2D eigenvalue weighted by atomic mass is 32.2. The Morgan fingerprint density at radius 2 is 1.67 bits per heavy atom. The third kappa shape index (κ3) is 5.52. The van der Waals surface area contributed by atoms with E-state index in [0.717, 1.165) is 16.7 Å². The van der Waals surface area contributed by atoms with Gasteiger partial charge in [0.25, 0.3) is 0 Å². The molecule has 0 aliphatic heterocycles. The third-order valence-corrected chi connectivity index (χ3v) is 6.40. The van der Waals surface area contributed by atoms with E-state index in [-0.39, 0.29) is 10.8 Å². The summed E-state index contributed by atoms with van der Waals surface area (Å²) >= 11 is 0. The molecule has 144 valence electrons. The fourth-order valence-electron chi connectivity index (χ4n) is 2.68. The van der Waals surface area contributed by atoms with E-state index >= 15 is 0 Å². The third-order valence-electron chi connectivity index (χ3n) is 4.34. The van der Waals surface area contributed by atoms with Gasteiger partial charge in [-0.1, -0.05) is 50.2 Å². The number of carbonyl (C=O) groups excluding carboxylic acids is 1. The first kappa shape index (κ1) is 20.9. The van der Waals surface area contributed by atoms with E-state index in [9.17, 15) is 13.2 Å². The van der Waals surface area contributed by atoms with Gasteiger partial charge in [0, 0.05) is 25.7 Å². The SMILES string of the molecule is CCN(CC)S(=O)(=O)c1ccc(CNC(=O)/C=C/c2ccccc2C)cc1. The minimum atomic E-state index is -3.46. The number of sulfonamides is 1. The number of amides is 1. The summed E-state index contributed by atoms with van der Waals surface area (Å²) in [5, 5.41) is 2.81. The van der Waals surface area contributed by atoms with Gasteiger partial charge >= 0.3 is 0 Å². The van der Waals surface area contributed by atoms with Crippen molar-refractivity contribution < 1.29 is 13.2 Å². The molecule has 0 heterocycles. The standard InChI is InChI=1S/C21H26N2O3S/c1-4-23(5-2)27(25,26)20-13-10-18(11-14-20)16-22-21(24)15-12-19-9-7-6-8-17(19)3/h6-15H,4-5,16H2,1-3H3,(H,22,24)/b15-12+. The van der Waals surface area contributed by atoms with Crippen molar-refractivity contribution in [2.24, 2.45) is 0 Å². The molecule has 27 heavy (non-hydrogen) atoms. The molecule has 2 aromatic rings. The van der Waals surface area contributed by atoms with Crippen LogP contribution in [0.25, 0.3) is 6.08 Å². The first-order chi connectivity index (χ1) is 12.9. The molecule has 0 aliphatic carbocycles. The summed E-state index contributed by atoms with van der Waals surface area (Å²) in [5.41, 5.74) is 2.94. The van der Waals surface area contributed by atoms with Crippen LogP contribution in [0.2, 0.25) is 0 Å². The van der Waals surface area contributed by atoms with Crippen molar-refractivity contribution in [1.29, 1.82) is 0 Å². The molecule has 0 atom stereocenters. The summed E-state index contributed by atoms with van der Waals surface area (Å²) in [6, 6.07) is 14.4. The highest BCUT2D eigenvalue weighted by Gasteiger charge is 2.21. The van der Waals surface area contributed by atoms with Crippen molar-refractivity contribution in [2.75, 3.05) is 13.1 Å². The predicted octanol–water partition coefficient (Wildman–Crippen LogP) is 3.36.